The molecule has 1 unspecified atom stereocenters. The number of rotatable bonds is 5. The number of nitrogens with one attached hydrogen (secondary N) is 1. The summed E-state index contributed by atoms with van der Waals surface area (Å²) >= 11 is 6.31. The fourth-order valence-electron chi connectivity index (χ4n) is 4.54. The Bertz CT molecular complexity index is 1210. The van der Waals surface area contributed by atoms with Gasteiger partial charge in [0.15, 0.2) is 0 Å². The number of phenols is 1. The Morgan fingerprint density at radius 2 is 1.73 bits per heavy atom. The van der Waals surface area contributed by atoms with Crippen LogP contribution in [0.2, 0.25) is 5.02 Å². The minimum absolute atomic E-state index is 0.142. The number of aromatic hydroxyl groups is 1. The van der Waals surface area contributed by atoms with Crippen molar-refractivity contribution in [1.29, 1.82) is 0 Å². The number of benzene rings is 3. The summed E-state index contributed by atoms with van der Waals surface area (Å²) < 4.78 is 0. The van der Waals surface area contributed by atoms with Gasteiger partial charge in [0.25, 0.3) is 0 Å². The zero-order valence-electron chi connectivity index (χ0n) is 19.4. The summed E-state index contributed by atoms with van der Waals surface area (Å²) in [6.45, 7) is 8.79. The largest absolute Gasteiger partial charge is 0.508 e. The number of benzodiazepines with no additional fused rings is 1. The highest BCUT2D eigenvalue weighted by molar-refractivity contribution is 6.32. The molecule has 33 heavy (non-hydrogen) atoms. The number of carbonyl (C=O) groups is 1. The second-order valence-electron chi connectivity index (χ2n) is 9.15. The van der Waals surface area contributed by atoms with E-state index < -0.39 is 6.04 Å². The van der Waals surface area contributed by atoms with Crippen molar-refractivity contribution in [2.45, 2.75) is 52.0 Å². The average Bonchev–Trinajstić information content (AvgIpc) is 2.90. The quantitative estimate of drug-likeness (QED) is 0.445. The van der Waals surface area contributed by atoms with Crippen LogP contribution in [0.5, 0.6) is 5.75 Å². The Morgan fingerprint density at radius 1 is 1.00 bits per heavy atom. The summed E-state index contributed by atoms with van der Waals surface area (Å²) in [7, 11) is 0. The Balaban J connectivity index is 1.84. The molecular formula is C28H29ClN2O2. The van der Waals surface area contributed by atoms with Crippen LogP contribution in [-0.4, -0.2) is 22.8 Å². The maximum atomic E-state index is 13.3. The number of hydrogen-bond donors (Lipinski definition) is 2. The van der Waals surface area contributed by atoms with Gasteiger partial charge >= 0.3 is 0 Å². The molecule has 1 heterocycles. The molecule has 2 N–H and O–H groups in total. The van der Waals surface area contributed by atoms with Crippen molar-refractivity contribution in [1.82, 2.24) is 0 Å². The number of halogens is 1. The van der Waals surface area contributed by atoms with E-state index in [9.17, 15) is 9.90 Å². The van der Waals surface area contributed by atoms with Gasteiger partial charge in [-0.1, -0.05) is 57.5 Å². The minimum Gasteiger partial charge on any atom is -0.508 e. The summed E-state index contributed by atoms with van der Waals surface area (Å²) in [5.74, 6) is 0.769. The van der Waals surface area contributed by atoms with Crippen LogP contribution in [0.15, 0.2) is 65.7 Å². The standard InChI is InChI=1S/C28H29ClN2O2/c1-16(2)22-7-5-6-19(26(22)17(3)4)14-25-28(33)31-24-13-10-20(29)15-23(24)27(30-25)18-8-11-21(32)12-9-18/h5-13,15-17,25,32H,14H2,1-4H3,(H,31,33). The molecule has 1 aliphatic rings. The van der Waals surface area contributed by atoms with E-state index in [0.29, 0.717) is 34.7 Å². The van der Waals surface area contributed by atoms with Crippen LogP contribution >= 0.6 is 11.6 Å². The van der Waals surface area contributed by atoms with Gasteiger partial charge in [-0.25, -0.2) is 0 Å². The summed E-state index contributed by atoms with van der Waals surface area (Å²) in [6, 6.07) is 18.0. The Kier molecular flexibility index (Phi) is 6.57. The molecule has 1 atom stereocenters. The monoisotopic (exact) mass is 460 g/mol. The molecule has 4 rings (SSSR count). The summed E-state index contributed by atoms with van der Waals surface area (Å²) in [5.41, 5.74) is 6.71. The van der Waals surface area contributed by atoms with Crippen molar-refractivity contribution in [3.63, 3.8) is 0 Å². The SMILES string of the molecule is CC(C)c1cccc(CC2N=C(c3ccc(O)cc3)c3cc(Cl)ccc3NC2=O)c1C(C)C. The van der Waals surface area contributed by atoms with Crippen molar-refractivity contribution >= 4 is 28.9 Å². The second-order valence-corrected chi connectivity index (χ2v) is 9.59. The number of amides is 1. The van der Waals surface area contributed by atoms with Crippen molar-refractivity contribution < 1.29 is 9.90 Å². The van der Waals surface area contributed by atoms with Crippen LogP contribution in [-0.2, 0) is 11.2 Å². The molecule has 1 amide bonds. The zero-order valence-corrected chi connectivity index (χ0v) is 20.1. The number of fused-ring (bicyclic) bond motifs is 1. The predicted molar refractivity (Wildman–Crippen MR) is 136 cm³/mol. The smallest absolute Gasteiger partial charge is 0.249 e. The van der Waals surface area contributed by atoms with Crippen LogP contribution < -0.4 is 5.32 Å². The molecule has 170 valence electrons. The lowest BCUT2D eigenvalue weighted by molar-refractivity contribution is -0.117. The van der Waals surface area contributed by atoms with E-state index in [0.717, 1.165) is 16.7 Å². The van der Waals surface area contributed by atoms with Crippen LogP contribution in [0.4, 0.5) is 5.69 Å². The lowest BCUT2D eigenvalue weighted by atomic mass is 9.85. The van der Waals surface area contributed by atoms with E-state index in [1.165, 1.54) is 11.1 Å². The molecule has 0 aromatic heterocycles. The molecule has 0 radical (unpaired) electrons. The fraction of sp³-hybridized carbons (Fsp3) is 0.286. The molecule has 0 fully saturated rings. The van der Waals surface area contributed by atoms with E-state index >= 15 is 0 Å². The molecule has 1 aliphatic heterocycles. The van der Waals surface area contributed by atoms with E-state index in [1.807, 2.05) is 24.3 Å². The second kappa shape index (κ2) is 9.40. The highest BCUT2D eigenvalue weighted by Gasteiger charge is 2.28. The molecule has 3 aromatic rings. The van der Waals surface area contributed by atoms with Crippen LogP contribution in [0.3, 0.4) is 0 Å². The number of carbonyl (C=O) groups excluding carboxylic acids is 1. The van der Waals surface area contributed by atoms with Gasteiger partial charge in [-0.3, -0.25) is 9.79 Å². The number of hydrogen-bond acceptors (Lipinski definition) is 3. The fourth-order valence-corrected chi connectivity index (χ4v) is 4.71. The maximum absolute atomic E-state index is 13.3. The summed E-state index contributed by atoms with van der Waals surface area (Å²) in [6.07, 6.45) is 0.503. The maximum Gasteiger partial charge on any atom is 0.249 e. The Morgan fingerprint density at radius 3 is 2.39 bits per heavy atom. The van der Waals surface area contributed by atoms with Gasteiger partial charge in [-0.2, -0.15) is 0 Å². The lowest BCUT2D eigenvalue weighted by Gasteiger charge is -2.22. The number of nitrogens with zero attached hydrogens (tertiary/aromatic N) is 1. The minimum atomic E-state index is -0.597. The molecule has 0 bridgehead atoms. The van der Waals surface area contributed by atoms with E-state index in [4.69, 9.17) is 16.6 Å². The molecule has 0 saturated carbocycles. The van der Waals surface area contributed by atoms with Crippen molar-refractivity contribution in [2.24, 2.45) is 4.99 Å². The Hall–Kier alpha value is -3.11. The molecule has 0 spiro atoms. The third-order valence-corrected chi connectivity index (χ3v) is 6.30. The van der Waals surface area contributed by atoms with Crippen LogP contribution in [0.25, 0.3) is 0 Å². The van der Waals surface area contributed by atoms with Gasteiger partial charge in [-0.05, 0) is 71.0 Å². The zero-order chi connectivity index (χ0) is 23.7. The first-order valence-electron chi connectivity index (χ1n) is 11.3. The van der Waals surface area contributed by atoms with Gasteiger partial charge in [0, 0.05) is 22.6 Å². The predicted octanol–water partition coefficient (Wildman–Crippen LogP) is 6.69. The number of aliphatic imine (C=N–C) groups is 1. The lowest BCUT2D eigenvalue weighted by Crippen LogP contribution is -2.28. The third kappa shape index (κ3) is 4.81. The highest BCUT2D eigenvalue weighted by Crippen LogP contribution is 2.32. The first-order valence-corrected chi connectivity index (χ1v) is 11.7. The van der Waals surface area contributed by atoms with Gasteiger partial charge in [-0.15, -0.1) is 0 Å². The highest BCUT2D eigenvalue weighted by atomic mass is 35.5. The summed E-state index contributed by atoms with van der Waals surface area (Å²) in [4.78, 5) is 18.3. The van der Waals surface area contributed by atoms with Crippen molar-refractivity contribution in [2.75, 3.05) is 5.32 Å². The number of phenolic OH excluding ortho intramolecular Hbond substituents is 1. The first-order chi connectivity index (χ1) is 15.7. The van der Waals surface area contributed by atoms with E-state index in [1.54, 1.807) is 18.2 Å². The molecule has 4 nitrogen and oxygen atoms in total. The molecule has 0 aliphatic carbocycles. The molecule has 3 aromatic carbocycles. The van der Waals surface area contributed by atoms with Gasteiger partial charge in [0.2, 0.25) is 5.91 Å². The van der Waals surface area contributed by atoms with Crippen molar-refractivity contribution in [3.8, 4) is 5.75 Å². The topological polar surface area (TPSA) is 61.7 Å². The van der Waals surface area contributed by atoms with Gasteiger partial charge in [0.05, 0.1) is 11.4 Å². The molecule has 0 saturated heterocycles. The average molecular weight is 461 g/mol. The molecular weight excluding hydrogens is 432 g/mol. The van der Waals surface area contributed by atoms with Gasteiger partial charge < -0.3 is 10.4 Å². The Labute approximate surface area is 200 Å². The normalized spacial score (nSPS) is 15.8. The van der Waals surface area contributed by atoms with Crippen molar-refractivity contribution in [3.05, 3.63) is 93.5 Å². The number of anilines is 1. The van der Waals surface area contributed by atoms with E-state index in [-0.39, 0.29) is 11.7 Å². The van der Waals surface area contributed by atoms with Crippen LogP contribution in [0, 0.1) is 0 Å². The molecule has 5 heteroatoms. The third-order valence-electron chi connectivity index (χ3n) is 6.07. The summed E-state index contributed by atoms with van der Waals surface area (Å²) in [5, 5.41) is 13.4. The first kappa shape index (κ1) is 23.1. The van der Waals surface area contributed by atoms with E-state index in [2.05, 4.69) is 51.2 Å². The van der Waals surface area contributed by atoms with Crippen LogP contribution in [0.1, 0.15) is 67.3 Å². The van der Waals surface area contributed by atoms with Gasteiger partial charge in [0.1, 0.15) is 11.8 Å².